The molecule has 134 valence electrons. The Morgan fingerprint density at radius 2 is 1.80 bits per heavy atom. The third-order valence-electron chi connectivity index (χ3n) is 3.87. The molecule has 2 aromatic carbocycles. The number of benzene rings is 2. The second kappa shape index (κ2) is 8.97. The zero-order chi connectivity index (χ0) is 18.2. The van der Waals surface area contributed by atoms with Gasteiger partial charge in [0.1, 0.15) is 17.2 Å². The molecule has 5 heteroatoms. The van der Waals surface area contributed by atoms with Crippen LogP contribution in [-0.4, -0.2) is 31.4 Å². The van der Waals surface area contributed by atoms with Gasteiger partial charge < -0.3 is 19.3 Å². The van der Waals surface area contributed by atoms with E-state index in [9.17, 15) is 9.90 Å². The topological polar surface area (TPSA) is 65.0 Å². The van der Waals surface area contributed by atoms with E-state index in [0.717, 1.165) is 5.56 Å². The van der Waals surface area contributed by atoms with Crippen molar-refractivity contribution < 1.29 is 24.1 Å². The van der Waals surface area contributed by atoms with Gasteiger partial charge in [-0.3, -0.25) is 4.79 Å². The molecule has 25 heavy (non-hydrogen) atoms. The molecule has 1 N–H and O–H groups in total. The molecule has 0 bridgehead atoms. The van der Waals surface area contributed by atoms with E-state index >= 15 is 0 Å². The largest absolute Gasteiger partial charge is 0.497 e. The van der Waals surface area contributed by atoms with Crippen LogP contribution in [0.2, 0.25) is 0 Å². The van der Waals surface area contributed by atoms with Gasteiger partial charge in [0.25, 0.3) is 0 Å². The molecule has 2 rings (SSSR count). The molecule has 2 aromatic rings. The Bertz CT molecular complexity index is 711. The van der Waals surface area contributed by atoms with E-state index in [0.29, 0.717) is 42.4 Å². The zero-order valence-corrected chi connectivity index (χ0v) is 14.8. The summed E-state index contributed by atoms with van der Waals surface area (Å²) in [5.41, 5.74) is 1.53. The first-order valence-corrected chi connectivity index (χ1v) is 8.34. The fourth-order valence-corrected chi connectivity index (χ4v) is 2.68. The Labute approximate surface area is 148 Å². The fourth-order valence-electron chi connectivity index (χ4n) is 2.68. The summed E-state index contributed by atoms with van der Waals surface area (Å²) in [7, 11) is 1.56. The minimum atomic E-state index is -0.885. The van der Waals surface area contributed by atoms with Gasteiger partial charge in [0, 0.05) is 6.07 Å². The van der Waals surface area contributed by atoms with Crippen LogP contribution in [0.5, 0.6) is 17.2 Å². The van der Waals surface area contributed by atoms with E-state index in [-0.39, 0.29) is 0 Å². The summed E-state index contributed by atoms with van der Waals surface area (Å²) in [6.07, 6.45) is 0.324. The van der Waals surface area contributed by atoms with Crippen LogP contribution in [0, 0.1) is 0 Å². The lowest BCUT2D eigenvalue weighted by Gasteiger charge is -2.17. The van der Waals surface area contributed by atoms with Crippen LogP contribution in [0.15, 0.2) is 42.5 Å². The Morgan fingerprint density at radius 3 is 2.44 bits per heavy atom. The minimum Gasteiger partial charge on any atom is -0.497 e. The van der Waals surface area contributed by atoms with Gasteiger partial charge in [0.15, 0.2) is 0 Å². The third-order valence-corrected chi connectivity index (χ3v) is 3.87. The summed E-state index contributed by atoms with van der Waals surface area (Å²) in [6.45, 7) is 4.87. The molecule has 0 aliphatic heterocycles. The van der Waals surface area contributed by atoms with Gasteiger partial charge >= 0.3 is 5.97 Å². The first-order chi connectivity index (χ1) is 12.1. The molecule has 1 unspecified atom stereocenters. The molecule has 5 nitrogen and oxygen atoms in total. The monoisotopic (exact) mass is 344 g/mol. The molecule has 0 saturated carbocycles. The van der Waals surface area contributed by atoms with Crippen molar-refractivity contribution >= 4 is 5.97 Å². The van der Waals surface area contributed by atoms with Crippen molar-refractivity contribution in [3.8, 4) is 17.2 Å². The smallest absolute Gasteiger partial charge is 0.311 e. The lowest BCUT2D eigenvalue weighted by Crippen LogP contribution is -2.15. The van der Waals surface area contributed by atoms with Crippen molar-refractivity contribution in [3.63, 3.8) is 0 Å². The van der Waals surface area contributed by atoms with Gasteiger partial charge in [-0.2, -0.15) is 0 Å². The highest BCUT2D eigenvalue weighted by molar-refractivity contribution is 5.77. The predicted molar refractivity (Wildman–Crippen MR) is 95.9 cm³/mol. The average Bonchev–Trinajstić information content (AvgIpc) is 2.61. The van der Waals surface area contributed by atoms with E-state index in [4.69, 9.17) is 14.2 Å². The highest BCUT2D eigenvalue weighted by Crippen LogP contribution is 2.31. The van der Waals surface area contributed by atoms with Gasteiger partial charge in [-0.1, -0.05) is 18.2 Å². The van der Waals surface area contributed by atoms with E-state index in [1.54, 1.807) is 31.4 Å². The van der Waals surface area contributed by atoms with Crippen LogP contribution in [-0.2, 0) is 11.2 Å². The Balaban J connectivity index is 2.33. The number of carbonyl (C=O) groups is 1. The van der Waals surface area contributed by atoms with Gasteiger partial charge in [0.2, 0.25) is 0 Å². The van der Waals surface area contributed by atoms with Crippen molar-refractivity contribution in [3.05, 3.63) is 53.6 Å². The zero-order valence-electron chi connectivity index (χ0n) is 14.8. The van der Waals surface area contributed by atoms with Gasteiger partial charge in [-0.05, 0) is 49.6 Å². The molecular formula is C20H24O5. The SMILES string of the molecule is CCOc1ccc(CC(C(=O)O)c2cccc(OC)c2)c(OCC)c1. The quantitative estimate of drug-likeness (QED) is 0.747. The predicted octanol–water partition coefficient (Wildman–Crippen LogP) is 3.90. The van der Waals surface area contributed by atoms with Crippen molar-refractivity contribution in [2.45, 2.75) is 26.2 Å². The van der Waals surface area contributed by atoms with Crippen molar-refractivity contribution in [1.29, 1.82) is 0 Å². The van der Waals surface area contributed by atoms with Crippen LogP contribution in [0.4, 0.5) is 0 Å². The van der Waals surface area contributed by atoms with Crippen LogP contribution in [0.1, 0.15) is 30.9 Å². The number of aliphatic carboxylic acids is 1. The number of methoxy groups -OCH3 is 1. The van der Waals surface area contributed by atoms with Gasteiger partial charge in [0.05, 0.1) is 26.2 Å². The molecule has 0 aromatic heterocycles. The number of carboxylic acid groups (broad SMARTS) is 1. The Hall–Kier alpha value is -2.69. The normalized spacial score (nSPS) is 11.6. The number of hydrogen-bond acceptors (Lipinski definition) is 4. The molecule has 1 atom stereocenters. The third kappa shape index (κ3) is 4.89. The number of carboxylic acids is 1. The van der Waals surface area contributed by atoms with Crippen molar-refractivity contribution in [1.82, 2.24) is 0 Å². The highest BCUT2D eigenvalue weighted by atomic mass is 16.5. The van der Waals surface area contributed by atoms with Crippen LogP contribution in [0.25, 0.3) is 0 Å². The van der Waals surface area contributed by atoms with Crippen LogP contribution in [0.3, 0.4) is 0 Å². The van der Waals surface area contributed by atoms with Crippen molar-refractivity contribution in [2.24, 2.45) is 0 Å². The van der Waals surface area contributed by atoms with E-state index in [2.05, 4.69) is 0 Å². The first-order valence-electron chi connectivity index (χ1n) is 8.34. The maximum absolute atomic E-state index is 11.8. The standard InChI is InChI=1S/C20H24O5/c1-4-24-17-10-9-15(19(13-17)25-5-2)12-18(20(21)22)14-7-6-8-16(11-14)23-3/h6-11,13,18H,4-5,12H2,1-3H3,(H,21,22). The minimum absolute atomic E-state index is 0.324. The van der Waals surface area contributed by atoms with Crippen LogP contribution < -0.4 is 14.2 Å². The Kier molecular flexibility index (Phi) is 6.69. The maximum atomic E-state index is 11.8. The molecule has 0 aliphatic carbocycles. The second-order valence-corrected chi connectivity index (χ2v) is 5.51. The van der Waals surface area contributed by atoms with E-state index in [1.165, 1.54) is 0 Å². The average molecular weight is 344 g/mol. The first kappa shape index (κ1) is 18.6. The van der Waals surface area contributed by atoms with E-state index in [1.807, 2.05) is 32.0 Å². The molecule has 0 radical (unpaired) electrons. The fraction of sp³-hybridized carbons (Fsp3) is 0.350. The lowest BCUT2D eigenvalue weighted by atomic mass is 9.91. The number of hydrogen-bond donors (Lipinski definition) is 1. The van der Waals surface area contributed by atoms with Gasteiger partial charge in [-0.15, -0.1) is 0 Å². The van der Waals surface area contributed by atoms with Crippen LogP contribution >= 0.6 is 0 Å². The summed E-state index contributed by atoms with van der Waals surface area (Å²) < 4.78 is 16.4. The summed E-state index contributed by atoms with van der Waals surface area (Å²) in [5, 5.41) is 9.70. The molecule has 0 spiro atoms. The van der Waals surface area contributed by atoms with Crippen molar-refractivity contribution in [2.75, 3.05) is 20.3 Å². The molecule has 0 fully saturated rings. The molecular weight excluding hydrogens is 320 g/mol. The molecule has 0 aliphatic rings. The highest BCUT2D eigenvalue weighted by Gasteiger charge is 2.23. The Morgan fingerprint density at radius 1 is 1.04 bits per heavy atom. The second-order valence-electron chi connectivity index (χ2n) is 5.51. The lowest BCUT2D eigenvalue weighted by molar-refractivity contribution is -0.138. The molecule has 0 amide bonds. The molecule has 0 saturated heterocycles. The number of ether oxygens (including phenoxy) is 3. The van der Waals surface area contributed by atoms with E-state index < -0.39 is 11.9 Å². The summed E-state index contributed by atoms with van der Waals surface area (Å²) in [4.78, 5) is 11.8. The molecule has 0 heterocycles. The number of rotatable bonds is 9. The maximum Gasteiger partial charge on any atom is 0.311 e. The summed E-state index contributed by atoms with van der Waals surface area (Å²) in [5.74, 6) is 0.433. The summed E-state index contributed by atoms with van der Waals surface area (Å²) in [6, 6.07) is 12.7. The summed E-state index contributed by atoms with van der Waals surface area (Å²) >= 11 is 0. The van der Waals surface area contributed by atoms with Gasteiger partial charge in [-0.25, -0.2) is 0 Å².